The summed E-state index contributed by atoms with van der Waals surface area (Å²) in [5.74, 6) is 0. The van der Waals surface area contributed by atoms with Gasteiger partial charge in [0.2, 0.25) is 0 Å². The topological polar surface area (TPSA) is 55.6 Å². The molecule has 1 N–H and O–H groups in total. The molecule has 0 bridgehead atoms. The summed E-state index contributed by atoms with van der Waals surface area (Å²) in [6.07, 6.45) is 5.55. The van der Waals surface area contributed by atoms with Crippen molar-refractivity contribution in [2.75, 3.05) is 5.32 Å². The van der Waals surface area contributed by atoms with Crippen molar-refractivity contribution in [3.05, 3.63) is 90.9 Å². The fraction of sp³-hybridized carbons (Fsp3) is 0.0500. The first-order valence-corrected chi connectivity index (χ1v) is 8.10. The molecule has 5 heteroatoms. The van der Waals surface area contributed by atoms with Crippen LogP contribution in [0, 0.1) is 0 Å². The molecular formula is C20H17N5. The Kier molecular flexibility index (Phi) is 4.20. The molecule has 0 aliphatic rings. The molecule has 25 heavy (non-hydrogen) atoms. The van der Waals surface area contributed by atoms with E-state index in [4.69, 9.17) is 0 Å². The molecule has 5 nitrogen and oxygen atoms in total. The Bertz CT molecular complexity index is 948. The first-order valence-electron chi connectivity index (χ1n) is 8.10. The SMILES string of the molecule is c1ccc(-n2cc(-c3ccccc3NCc3ccncc3)nn2)cc1. The third-order valence-corrected chi connectivity index (χ3v) is 3.95. The number of para-hydroxylation sites is 2. The van der Waals surface area contributed by atoms with Gasteiger partial charge in [-0.15, -0.1) is 5.10 Å². The van der Waals surface area contributed by atoms with E-state index in [1.807, 2.05) is 66.9 Å². The summed E-state index contributed by atoms with van der Waals surface area (Å²) in [5.41, 5.74) is 5.06. The number of anilines is 1. The molecule has 0 saturated heterocycles. The van der Waals surface area contributed by atoms with Gasteiger partial charge in [0.15, 0.2) is 0 Å². The summed E-state index contributed by atoms with van der Waals surface area (Å²) in [6.45, 7) is 0.729. The van der Waals surface area contributed by atoms with Crippen LogP contribution in [0.15, 0.2) is 85.3 Å². The molecule has 0 atom stereocenters. The smallest absolute Gasteiger partial charge is 0.115 e. The van der Waals surface area contributed by atoms with Crippen molar-refractivity contribution in [1.29, 1.82) is 0 Å². The standard InChI is InChI=1S/C20H17N5/c1-2-6-17(7-3-1)25-15-20(23-24-25)18-8-4-5-9-19(18)22-14-16-10-12-21-13-11-16/h1-13,15,22H,14H2. The van der Waals surface area contributed by atoms with E-state index in [9.17, 15) is 0 Å². The van der Waals surface area contributed by atoms with Gasteiger partial charge in [-0.25, -0.2) is 4.68 Å². The highest BCUT2D eigenvalue weighted by Gasteiger charge is 2.09. The fourth-order valence-corrected chi connectivity index (χ4v) is 2.65. The molecule has 0 spiro atoms. The maximum Gasteiger partial charge on any atom is 0.115 e. The van der Waals surface area contributed by atoms with Crippen molar-refractivity contribution >= 4 is 5.69 Å². The normalized spacial score (nSPS) is 10.6. The summed E-state index contributed by atoms with van der Waals surface area (Å²) in [7, 11) is 0. The number of pyridine rings is 1. The van der Waals surface area contributed by atoms with Crippen LogP contribution in [0.5, 0.6) is 0 Å². The van der Waals surface area contributed by atoms with Crippen molar-refractivity contribution in [3.63, 3.8) is 0 Å². The van der Waals surface area contributed by atoms with Crippen molar-refractivity contribution < 1.29 is 0 Å². The van der Waals surface area contributed by atoms with Crippen LogP contribution in [0.2, 0.25) is 0 Å². The summed E-state index contributed by atoms with van der Waals surface area (Å²) >= 11 is 0. The number of nitrogens with zero attached hydrogens (tertiary/aromatic N) is 4. The van der Waals surface area contributed by atoms with E-state index in [-0.39, 0.29) is 0 Å². The Balaban J connectivity index is 1.60. The highest BCUT2D eigenvalue weighted by Crippen LogP contribution is 2.26. The average Bonchev–Trinajstić information content (AvgIpc) is 3.18. The van der Waals surface area contributed by atoms with E-state index >= 15 is 0 Å². The molecule has 0 aliphatic carbocycles. The van der Waals surface area contributed by atoms with E-state index in [0.29, 0.717) is 0 Å². The summed E-state index contributed by atoms with van der Waals surface area (Å²) < 4.78 is 1.79. The van der Waals surface area contributed by atoms with Gasteiger partial charge in [0.05, 0.1) is 11.9 Å². The predicted octanol–water partition coefficient (Wildman–Crippen LogP) is 3.94. The molecule has 2 aromatic carbocycles. The van der Waals surface area contributed by atoms with Gasteiger partial charge in [-0.2, -0.15) is 0 Å². The molecule has 0 saturated carbocycles. The lowest BCUT2D eigenvalue weighted by Crippen LogP contribution is -2.01. The maximum atomic E-state index is 4.34. The van der Waals surface area contributed by atoms with Gasteiger partial charge in [0.25, 0.3) is 0 Å². The lowest BCUT2D eigenvalue weighted by Gasteiger charge is -2.10. The number of aromatic nitrogens is 4. The second-order valence-corrected chi connectivity index (χ2v) is 5.64. The third-order valence-electron chi connectivity index (χ3n) is 3.95. The molecule has 0 radical (unpaired) electrons. The van der Waals surface area contributed by atoms with Gasteiger partial charge < -0.3 is 5.32 Å². The van der Waals surface area contributed by atoms with Crippen LogP contribution in [0.3, 0.4) is 0 Å². The van der Waals surface area contributed by atoms with Gasteiger partial charge in [-0.3, -0.25) is 4.98 Å². The Morgan fingerprint density at radius 1 is 0.840 bits per heavy atom. The van der Waals surface area contributed by atoms with Gasteiger partial charge in [0, 0.05) is 30.2 Å². The molecule has 122 valence electrons. The van der Waals surface area contributed by atoms with E-state index in [2.05, 4.69) is 26.7 Å². The molecule has 0 fully saturated rings. The maximum absolute atomic E-state index is 4.34. The van der Waals surface area contributed by atoms with Crippen LogP contribution in [0.4, 0.5) is 5.69 Å². The van der Waals surface area contributed by atoms with E-state index in [1.165, 1.54) is 5.56 Å². The quantitative estimate of drug-likeness (QED) is 0.603. The Hall–Kier alpha value is -3.47. The molecule has 4 aromatic rings. The fourth-order valence-electron chi connectivity index (χ4n) is 2.65. The van der Waals surface area contributed by atoms with Crippen LogP contribution in [0.25, 0.3) is 16.9 Å². The van der Waals surface area contributed by atoms with Gasteiger partial charge in [-0.1, -0.05) is 41.6 Å². The van der Waals surface area contributed by atoms with Crippen LogP contribution < -0.4 is 5.32 Å². The zero-order chi connectivity index (χ0) is 16.9. The third kappa shape index (κ3) is 3.40. The minimum absolute atomic E-state index is 0.729. The molecule has 0 aliphatic heterocycles. The number of nitrogens with one attached hydrogen (secondary N) is 1. The summed E-state index contributed by atoms with van der Waals surface area (Å²) in [5, 5.41) is 12.1. The lowest BCUT2D eigenvalue weighted by molar-refractivity contribution is 0.804. The van der Waals surface area contributed by atoms with Gasteiger partial charge in [-0.05, 0) is 35.9 Å². The van der Waals surface area contributed by atoms with Crippen molar-refractivity contribution in [1.82, 2.24) is 20.0 Å². The molecule has 2 heterocycles. The van der Waals surface area contributed by atoms with Crippen LogP contribution >= 0.6 is 0 Å². The van der Waals surface area contributed by atoms with E-state index < -0.39 is 0 Å². The minimum Gasteiger partial charge on any atom is -0.380 e. The number of benzene rings is 2. The highest BCUT2D eigenvalue weighted by atomic mass is 15.4. The summed E-state index contributed by atoms with van der Waals surface area (Å²) in [4.78, 5) is 4.05. The Labute approximate surface area is 146 Å². The summed E-state index contributed by atoms with van der Waals surface area (Å²) in [6, 6.07) is 22.1. The minimum atomic E-state index is 0.729. The molecular weight excluding hydrogens is 310 g/mol. The Morgan fingerprint density at radius 2 is 1.60 bits per heavy atom. The highest BCUT2D eigenvalue weighted by molar-refractivity contribution is 5.75. The lowest BCUT2D eigenvalue weighted by atomic mass is 10.1. The zero-order valence-electron chi connectivity index (χ0n) is 13.6. The van der Waals surface area contributed by atoms with Crippen molar-refractivity contribution in [2.45, 2.75) is 6.54 Å². The zero-order valence-corrected chi connectivity index (χ0v) is 13.6. The predicted molar refractivity (Wildman–Crippen MR) is 98.4 cm³/mol. The van der Waals surface area contributed by atoms with Crippen molar-refractivity contribution in [3.8, 4) is 16.9 Å². The van der Waals surface area contributed by atoms with Crippen LogP contribution in [0.1, 0.15) is 5.56 Å². The van der Waals surface area contributed by atoms with Gasteiger partial charge >= 0.3 is 0 Å². The molecule has 2 aromatic heterocycles. The van der Waals surface area contributed by atoms with E-state index in [0.717, 1.165) is 29.2 Å². The Morgan fingerprint density at radius 3 is 2.44 bits per heavy atom. The van der Waals surface area contributed by atoms with E-state index in [1.54, 1.807) is 17.1 Å². The second kappa shape index (κ2) is 6.97. The monoisotopic (exact) mass is 327 g/mol. The number of rotatable bonds is 5. The molecule has 4 rings (SSSR count). The molecule has 0 unspecified atom stereocenters. The van der Waals surface area contributed by atoms with Crippen LogP contribution in [-0.2, 0) is 6.54 Å². The van der Waals surface area contributed by atoms with Gasteiger partial charge in [0.1, 0.15) is 5.69 Å². The molecule has 0 amide bonds. The first-order chi connectivity index (χ1) is 12.4. The number of hydrogen-bond donors (Lipinski definition) is 1. The average molecular weight is 327 g/mol. The van der Waals surface area contributed by atoms with Crippen molar-refractivity contribution in [2.24, 2.45) is 0 Å². The largest absolute Gasteiger partial charge is 0.380 e. The van der Waals surface area contributed by atoms with Crippen LogP contribution in [-0.4, -0.2) is 20.0 Å². The second-order valence-electron chi connectivity index (χ2n) is 5.64. The first kappa shape index (κ1) is 15.1. The number of hydrogen-bond acceptors (Lipinski definition) is 4.